The van der Waals surface area contributed by atoms with Crippen molar-refractivity contribution in [3.05, 3.63) is 0 Å². The van der Waals surface area contributed by atoms with Gasteiger partial charge in [0.15, 0.2) is 0 Å². The quantitative estimate of drug-likeness (QED) is 0.428. The number of thiocarbonyl (C=S) groups is 1. The van der Waals surface area contributed by atoms with Crippen LogP contribution in [0.4, 0.5) is 4.79 Å². The van der Waals surface area contributed by atoms with Crippen LogP contribution in [0.25, 0.3) is 0 Å². The maximum absolute atomic E-state index is 9.94. The highest BCUT2D eigenvalue weighted by atomic mass is 32.2. The summed E-state index contributed by atoms with van der Waals surface area (Å²) in [5.41, 5.74) is 0. The number of carbonyl (C=O) groups excluding carboxylic acids is 1. The van der Waals surface area contributed by atoms with Crippen molar-refractivity contribution in [3.8, 4) is 0 Å². The number of thioether (sulfide) groups is 1. The largest absolute Gasteiger partial charge is 0.274 e. The first-order valence-corrected chi connectivity index (χ1v) is 3.38. The Morgan fingerprint density at radius 1 is 1.57 bits per heavy atom. The molecule has 0 fully saturated rings. The second kappa shape index (κ2) is 3.77. The molecule has 0 aliphatic rings. The summed E-state index contributed by atoms with van der Waals surface area (Å²) in [6.45, 7) is 0. The number of hydrogen-bond donors (Lipinski definition) is 2. The normalized spacial score (nSPS) is 8.29. The molecule has 0 aromatic heterocycles. The molecule has 0 rings (SSSR count). The van der Waals surface area contributed by atoms with Crippen LogP contribution in [0.15, 0.2) is 0 Å². The van der Waals surface area contributed by atoms with Gasteiger partial charge in [0, 0.05) is 0 Å². The van der Waals surface area contributed by atoms with Gasteiger partial charge in [-0.05, 0) is 11.8 Å². The molecule has 0 radical (unpaired) electrons. The maximum atomic E-state index is 9.94. The molecule has 0 atom stereocenters. The predicted molar refractivity (Wildman–Crippen MR) is 43.6 cm³/mol. The lowest BCUT2D eigenvalue weighted by atomic mass is 11.8. The van der Waals surface area contributed by atoms with Gasteiger partial charge in [-0.2, -0.15) is 0 Å². The van der Waals surface area contributed by atoms with Crippen LogP contribution < -0.4 is 0 Å². The van der Waals surface area contributed by atoms with Gasteiger partial charge in [-0.3, -0.25) is 4.79 Å². The molecule has 0 aliphatic carbocycles. The van der Waals surface area contributed by atoms with Gasteiger partial charge in [0.1, 0.15) is 3.53 Å². The van der Waals surface area contributed by atoms with Crippen LogP contribution in [0.1, 0.15) is 0 Å². The lowest BCUT2D eigenvalue weighted by Crippen LogP contribution is -1.75. The van der Waals surface area contributed by atoms with Gasteiger partial charge in [0.05, 0.1) is 0 Å². The van der Waals surface area contributed by atoms with Crippen LogP contribution in [0, 0.1) is 0 Å². The molecule has 0 heterocycles. The molecular formula is C2H2OS4. The first kappa shape index (κ1) is 7.81. The zero-order valence-corrected chi connectivity index (χ0v) is 6.54. The molecule has 40 valence electrons. The first-order chi connectivity index (χ1) is 3.13. The van der Waals surface area contributed by atoms with Crippen molar-refractivity contribution in [1.82, 2.24) is 0 Å². The molecule has 0 spiro atoms. The van der Waals surface area contributed by atoms with Gasteiger partial charge in [0.2, 0.25) is 4.45 Å². The van der Waals surface area contributed by atoms with Crippen molar-refractivity contribution in [2.24, 2.45) is 0 Å². The SMILES string of the molecule is O=C(S)SC(=S)S. The van der Waals surface area contributed by atoms with Gasteiger partial charge in [-0.15, -0.1) is 12.6 Å². The van der Waals surface area contributed by atoms with Crippen molar-refractivity contribution in [2.75, 3.05) is 0 Å². The van der Waals surface area contributed by atoms with E-state index in [2.05, 4.69) is 37.5 Å². The summed E-state index contributed by atoms with van der Waals surface area (Å²) in [7, 11) is 0. The second-order valence-corrected chi connectivity index (χ2v) is 4.04. The van der Waals surface area contributed by atoms with E-state index in [4.69, 9.17) is 0 Å². The van der Waals surface area contributed by atoms with Gasteiger partial charge in [0.25, 0.3) is 0 Å². The lowest BCUT2D eigenvalue weighted by Gasteiger charge is -1.82. The number of rotatable bonds is 0. The third-order valence-corrected chi connectivity index (χ3v) is 1.32. The Labute approximate surface area is 62.1 Å². The smallest absolute Gasteiger partial charge is 0.249 e. The molecule has 0 saturated carbocycles. The third kappa shape index (κ3) is 6.81. The Morgan fingerprint density at radius 3 is 2.00 bits per heavy atom. The Bertz CT molecular complexity index is 85.9. The second-order valence-electron chi connectivity index (χ2n) is 0.634. The van der Waals surface area contributed by atoms with E-state index < -0.39 is 0 Å². The summed E-state index contributed by atoms with van der Waals surface area (Å²) in [6, 6.07) is 0. The summed E-state index contributed by atoms with van der Waals surface area (Å²) >= 11 is 12.3. The lowest BCUT2D eigenvalue weighted by molar-refractivity contribution is 0.277. The topological polar surface area (TPSA) is 17.1 Å². The highest BCUT2D eigenvalue weighted by molar-refractivity contribution is 8.53. The summed E-state index contributed by atoms with van der Waals surface area (Å²) in [6.07, 6.45) is 0. The monoisotopic (exact) mass is 170 g/mol. The van der Waals surface area contributed by atoms with Crippen molar-refractivity contribution < 1.29 is 4.79 Å². The van der Waals surface area contributed by atoms with Crippen LogP contribution in [0.5, 0.6) is 0 Å². The first-order valence-electron chi connectivity index (χ1n) is 1.26. The highest BCUT2D eigenvalue weighted by Gasteiger charge is 1.94. The minimum atomic E-state index is -0.319. The van der Waals surface area contributed by atoms with E-state index in [1.807, 2.05) is 0 Å². The standard InChI is InChI=1S/C2H2OS4/c3-1(4)7-2(5)6/h(H,3,4)(H,5,6). The van der Waals surface area contributed by atoms with E-state index in [0.29, 0.717) is 3.53 Å². The average Bonchev–Trinajstić information content (AvgIpc) is 1.27. The molecule has 0 unspecified atom stereocenters. The average molecular weight is 170 g/mol. The molecule has 0 aromatic rings. The van der Waals surface area contributed by atoms with Gasteiger partial charge >= 0.3 is 0 Å². The van der Waals surface area contributed by atoms with E-state index >= 15 is 0 Å². The number of thiol groups is 2. The van der Waals surface area contributed by atoms with Crippen molar-refractivity contribution >= 4 is 57.2 Å². The summed E-state index contributed by atoms with van der Waals surface area (Å²) in [4.78, 5) is 9.94. The predicted octanol–water partition coefficient (Wildman–Crippen LogP) is 1.98. The van der Waals surface area contributed by atoms with E-state index in [0.717, 1.165) is 11.8 Å². The molecule has 0 amide bonds. The van der Waals surface area contributed by atoms with E-state index in [1.165, 1.54) is 0 Å². The Morgan fingerprint density at radius 2 is 2.00 bits per heavy atom. The molecule has 0 saturated heterocycles. The van der Waals surface area contributed by atoms with Crippen molar-refractivity contribution in [1.29, 1.82) is 0 Å². The van der Waals surface area contributed by atoms with Crippen LogP contribution >= 0.6 is 49.2 Å². The fraction of sp³-hybridized carbons (Fsp3) is 0. The molecule has 7 heavy (non-hydrogen) atoms. The van der Waals surface area contributed by atoms with E-state index in [-0.39, 0.29) is 4.45 Å². The van der Waals surface area contributed by atoms with Gasteiger partial charge in [-0.25, -0.2) is 0 Å². The fourth-order valence-electron chi connectivity index (χ4n) is 0.0747. The van der Waals surface area contributed by atoms with E-state index in [9.17, 15) is 4.79 Å². The zero-order chi connectivity index (χ0) is 5.86. The van der Waals surface area contributed by atoms with Crippen LogP contribution in [-0.4, -0.2) is 7.98 Å². The summed E-state index contributed by atoms with van der Waals surface area (Å²) < 4.78 is -0.0139. The number of hydrogen-bond acceptors (Lipinski definition) is 3. The third-order valence-electron chi connectivity index (χ3n) is 0.175. The van der Waals surface area contributed by atoms with Gasteiger partial charge < -0.3 is 0 Å². The van der Waals surface area contributed by atoms with Crippen LogP contribution in [0.3, 0.4) is 0 Å². The molecule has 0 aromatic carbocycles. The maximum Gasteiger partial charge on any atom is 0.249 e. The molecular weight excluding hydrogens is 168 g/mol. The highest BCUT2D eigenvalue weighted by Crippen LogP contribution is 2.11. The summed E-state index contributed by atoms with van der Waals surface area (Å²) in [5.74, 6) is 0. The minimum Gasteiger partial charge on any atom is -0.274 e. The molecule has 5 heteroatoms. The van der Waals surface area contributed by atoms with Gasteiger partial charge in [-0.1, -0.05) is 24.8 Å². The molecule has 0 bridgehead atoms. The minimum absolute atomic E-state index is 0.306. The molecule has 0 aliphatic heterocycles. The Hall–Kier alpha value is 0.810. The molecule has 0 N–H and O–H groups in total. The van der Waals surface area contributed by atoms with E-state index in [1.54, 1.807) is 0 Å². The molecule has 1 nitrogen and oxygen atoms in total. The zero-order valence-electron chi connectivity index (χ0n) is 3.12. The number of carbonyl (C=O) groups is 1. The van der Waals surface area contributed by atoms with Crippen molar-refractivity contribution in [3.63, 3.8) is 0 Å². The summed E-state index contributed by atoms with van der Waals surface area (Å²) in [5, 5.41) is 0. The Balaban J connectivity index is 3.32. The Kier molecular flexibility index (Phi) is 4.20. The fourth-order valence-corrected chi connectivity index (χ4v) is 1.38. The van der Waals surface area contributed by atoms with Crippen LogP contribution in [-0.2, 0) is 0 Å². The van der Waals surface area contributed by atoms with Crippen LogP contribution in [0.2, 0.25) is 0 Å². The van der Waals surface area contributed by atoms with Crippen molar-refractivity contribution in [2.45, 2.75) is 0 Å².